The maximum atomic E-state index is 5.92. The largest absolute Gasteiger partial charge is 0.497 e. The third-order valence-corrected chi connectivity index (χ3v) is 4.49. The lowest BCUT2D eigenvalue weighted by molar-refractivity contribution is 0.223. The monoisotopic (exact) mass is 501 g/mol. The van der Waals surface area contributed by atoms with Crippen LogP contribution >= 0.6 is 24.0 Å². The Morgan fingerprint density at radius 2 is 1.96 bits per heavy atom. The third-order valence-electron chi connectivity index (χ3n) is 4.49. The van der Waals surface area contributed by atoms with Crippen LogP contribution in [0.15, 0.2) is 29.3 Å². The van der Waals surface area contributed by atoms with Gasteiger partial charge in [0, 0.05) is 32.4 Å². The lowest BCUT2D eigenvalue weighted by atomic mass is 10.1. The second-order valence-electron chi connectivity index (χ2n) is 6.51. The summed E-state index contributed by atoms with van der Waals surface area (Å²) in [4.78, 5) is 4.27. The molecular weight excluding hydrogens is 469 g/mol. The molecule has 0 radical (unpaired) electrons. The summed E-state index contributed by atoms with van der Waals surface area (Å²) >= 11 is 0. The number of hydrogen-bond acceptors (Lipinski definition) is 4. The van der Waals surface area contributed by atoms with Gasteiger partial charge in [0.1, 0.15) is 17.6 Å². The van der Waals surface area contributed by atoms with Gasteiger partial charge in [0.25, 0.3) is 0 Å². The van der Waals surface area contributed by atoms with Gasteiger partial charge in [-0.1, -0.05) is 6.07 Å². The zero-order chi connectivity index (χ0) is 19.8. The Morgan fingerprint density at radius 1 is 1.25 bits per heavy atom. The van der Waals surface area contributed by atoms with Crippen LogP contribution in [0.4, 0.5) is 0 Å². The number of benzene rings is 1. The summed E-state index contributed by atoms with van der Waals surface area (Å²) in [6.07, 6.45) is 0.890. The average Bonchev–Trinajstić information content (AvgIpc) is 2.90. The molecule has 1 unspecified atom stereocenters. The first-order valence-corrected chi connectivity index (χ1v) is 9.19. The van der Waals surface area contributed by atoms with E-state index in [2.05, 4.69) is 27.6 Å². The Labute approximate surface area is 184 Å². The Bertz CT molecular complexity index is 776. The summed E-state index contributed by atoms with van der Waals surface area (Å²) < 4.78 is 13.1. The van der Waals surface area contributed by atoms with Gasteiger partial charge in [-0.15, -0.1) is 24.0 Å². The molecule has 0 aliphatic rings. The average molecular weight is 501 g/mol. The molecule has 0 saturated carbocycles. The van der Waals surface area contributed by atoms with E-state index in [0.717, 1.165) is 36.1 Å². The van der Waals surface area contributed by atoms with Crippen LogP contribution in [0.2, 0.25) is 0 Å². The molecule has 1 heterocycles. The highest BCUT2D eigenvalue weighted by Gasteiger charge is 2.10. The van der Waals surface area contributed by atoms with Crippen LogP contribution in [-0.4, -0.2) is 49.1 Å². The van der Waals surface area contributed by atoms with Gasteiger partial charge in [-0.05, 0) is 44.9 Å². The molecule has 156 valence electrons. The van der Waals surface area contributed by atoms with Gasteiger partial charge in [0.05, 0.1) is 19.3 Å². The first-order valence-electron chi connectivity index (χ1n) is 9.19. The van der Waals surface area contributed by atoms with E-state index < -0.39 is 0 Å². The minimum atomic E-state index is -0.0153. The van der Waals surface area contributed by atoms with Crippen molar-refractivity contribution in [1.82, 2.24) is 20.4 Å². The maximum Gasteiger partial charge on any atom is 0.191 e. The first kappa shape index (κ1) is 24.1. The van der Waals surface area contributed by atoms with Gasteiger partial charge >= 0.3 is 0 Å². The standard InChI is InChI=1S/C20H31N5O2.HI/c1-14(27-18-9-7-8-17(12-18)26-6)13-23-20(21-4)22-11-10-19-15(2)24-25(5)16(19)3;/h7-9,12,14H,10-11,13H2,1-6H3,(H2,21,22,23);1H. The normalized spacial score (nSPS) is 12.1. The van der Waals surface area contributed by atoms with E-state index in [1.807, 2.05) is 49.8 Å². The van der Waals surface area contributed by atoms with Crippen molar-refractivity contribution in [2.24, 2.45) is 12.0 Å². The SMILES string of the molecule is CN=C(NCCc1c(C)nn(C)c1C)NCC(C)Oc1cccc(OC)c1.I. The molecule has 1 atom stereocenters. The summed E-state index contributed by atoms with van der Waals surface area (Å²) in [5.74, 6) is 2.33. The molecule has 7 nitrogen and oxygen atoms in total. The van der Waals surface area contributed by atoms with Gasteiger partial charge in [0.15, 0.2) is 5.96 Å². The Balaban J connectivity index is 0.00000392. The highest BCUT2D eigenvalue weighted by molar-refractivity contribution is 14.0. The molecule has 0 bridgehead atoms. The molecule has 0 spiro atoms. The molecule has 2 N–H and O–H groups in total. The van der Waals surface area contributed by atoms with Crippen LogP contribution in [0.1, 0.15) is 23.9 Å². The summed E-state index contributed by atoms with van der Waals surface area (Å²) in [6, 6.07) is 7.61. The van der Waals surface area contributed by atoms with Gasteiger partial charge in [-0.2, -0.15) is 5.10 Å². The van der Waals surface area contributed by atoms with Crippen LogP contribution < -0.4 is 20.1 Å². The number of ether oxygens (including phenoxy) is 2. The summed E-state index contributed by atoms with van der Waals surface area (Å²) in [6.45, 7) is 7.59. The first-order chi connectivity index (χ1) is 12.9. The maximum absolute atomic E-state index is 5.92. The number of halogens is 1. The molecule has 2 rings (SSSR count). The molecular formula is C20H32IN5O2. The Hall–Kier alpha value is -1.97. The van der Waals surface area contributed by atoms with E-state index in [4.69, 9.17) is 9.47 Å². The summed E-state index contributed by atoms with van der Waals surface area (Å²) in [5.41, 5.74) is 3.58. The predicted molar refractivity (Wildman–Crippen MR) is 124 cm³/mol. The molecule has 0 saturated heterocycles. The van der Waals surface area contributed by atoms with Crippen molar-refractivity contribution >= 4 is 29.9 Å². The van der Waals surface area contributed by atoms with Crippen molar-refractivity contribution in [3.8, 4) is 11.5 Å². The highest BCUT2D eigenvalue weighted by Crippen LogP contribution is 2.19. The lowest BCUT2D eigenvalue weighted by Crippen LogP contribution is -2.42. The smallest absolute Gasteiger partial charge is 0.191 e. The minimum absolute atomic E-state index is 0. The number of nitrogens with zero attached hydrogens (tertiary/aromatic N) is 3. The molecule has 0 aliphatic carbocycles. The molecule has 0 aliphatic heterocycles. The zero-order valence-electron chi connectivity index (χ0n) is 17.6. The number of nitrogens with one attached hydrogen (secondary N) is 2. The van der Waals surface area contributed by atoms with Gasteiger partial charge in [-0.25, -0.2) is 0 Å². The number of rotatable bonds is 8. The number of hydrogen-bond donors (Lipinski definition) is 2. The van der Waals surface area contributed by atoms with Crippen molar-refractivity contribution in [3.05, 3.63) is 41.2 Å². The molecule has 0 fully saturated rings. The lowest BCUT2D eigenvalue weighted by Gasteiger charge is -2.18. The Morgan fingerprint density at radius 3 is 2.57 bits per heavy atom. The number of methoxy groups -OCH3 is 1. The van der Waals surface area contributed by atoms with Crippen molar-refractivity contribution in [2.75, 3.05) is 27.2 Å². The summed E-state index contributed by atoms with van der Waals surface area (Å²) in [5, 5.41) is 11.1. The second kappa shape index (κ2) is 11.8. The van der Waals surface area contributed by atoms with Crippen LogP contribution in [0.25, 0.3) is 0 Å². The van der Waals surface area contributed by atoms with Crippen LogP contribution in [0, 0.1) is 13.8 Å². The predicted octanol–water partition coefficient (Wildman–Crippen LogP) is 2.84. The van der Waals surface area contributed by atoms with E-state index in [1.54, 1.807) is 14.2 Å². The molecule has 0 amide bonds. The zero-order valence-corrected chi connectivity index (χ0v) is 19.9. The molecule has 1 aromatic heterocycles. The fraction of sp³-hybridized carbons (Fsp3) is 0.500. The number of aromatic nitrogens is 2. The van der Waals surface area contributed by atoms with Crippen molar-refractivity contribution < 1.29 is 9.47 Å². The van der Waals surface area contributed by atoms with Gasteiger partial charge in [0.2, 0.25) is 0 Å². The van der Waals surface area contributed by atoms with E-state index in [-0.39, 0.29) is 30.1 Å². The van der Waals surface area contributed by atoms with Crippen LogP contribution in [-0.2, 0) is 13.5 Å². The highest BCUT2D eigenvalue weighted by atomic mass is 127. The fourth-order valence-corrected chi connectivity index (χ4v) is 2.89. The topological polar surface area (TPSA) is 72.7 Å². The molecule has 2 aromatic rings. The van der Waals surface area contributed by atoms with Crippen molar-refractivity contribution in [2.45, 2.75) is 33.3 Å². The quantitative estimate of drug-likeness (QED) is 0.331. The van der Waals surface area contributed by atoms with E-state index in [9.17, 15) is 0 Å². The summed E-state index contributed by atoms with van der Waals surface area (Å²) in [7, 11) is 5.39. The molecule has 28 heavy (non-hydrogen) atoms. The van der Waals surface area contributed by atoms with E-state index in [1.165, 1.54) is 11.3 Å². The van der Waals surface area contributed by atoms with Crippen molar-refractivity contribution in [3.63, 3.8) is 0 Å². The Kier molecular flexibility index (Phi) is 10.1. The fourth-order valence-electron chi connectivity index (χ4n) is 2.89. The molecule has 8 heteroatoms. The second-order valence-corrected chi connectivity index (χ2v) is 6.51. The van der Waals surface area contributed by atoms with E-state index >= 15 is 0 Å². The third kappa shape index (κ3) is 6.88. The molecule has 1 aromatic carbocycles. The minimum Gasteiger partial charge on any atom is -0.497 e. The number of aryl methyl sites for hydroxylation is 2. The van der Waals surface area contributed by atoms with Crippen molar-refractivity contribution in [1.29, 1.82) is 0 Å². The number of guanidine groups is 1. The van der Waals surface area contributed by atoms with Gasteiger partial charge < -0.3 is 20.1 Å². The number of aliphatic imine (C=N–C) groups is 1. The van der Waals surface area contributed by atoms with Gasteiger partial charge in [-0.3, -0.25) is 9.67 Å². The van der Waals surface area contributed by atoms with Crippen LogP contribution in [0.3, 0.4) is 0 Å². The van der Waals surface area contributed by atoms with E-state index in [0.29, 0.717) is 6.54 Å². The van der Waals surface area contributed by atoms with Crippen LogP contribution in [0.5, 0.6) is 11.5 Å².